The molecule has 0 amide bonds. The number of aromatic hydroxyl groups is 1. The van der Waals surface area contributed by atoms with Crippen molar-refractivity contribution >= 4 is 15.7 Å². The fraction of sp³-hybridized carbons (Fsp3) is 0.571. The van der Waals surface area contributed by atoms with E-state index >= 15 is 0 Å². The van der Waals surface area contributed by atoms with Crippen LogP contribution in [-0.2, 0) is 10.0 Å². The van der Waals surface area contributed by atoms with Crippen molar-refractivity contribution in [1.29, 1.82) is 0 Å². The fourth-order valence-electron chi connectivity index (χ4n) is 2.48. The summed E-state index contributed by atoms with van der Waals surface area (Å²) < 4.78 is 26.4. The number of phenolic OH excluding ortho intramolecular Hbond substituents is 1. The van der Waals surface area contributed by atoms with Gasteiger partial charge in [0.25, 0.3) is 0 Å². The van der Waals surface area contributed by atoms with Crippen LogP contribution in [0.15, 0.2) is 24.3 Å². The second-order valence-electron chi connectivity index (χ2n) is 5.09. The monoisotopic (exact) mass is 313 g/mol. The zero-order valence-electron chi connectivity index (χ0n) is 12.3. The van der Waals surface area contributed by atoms with Crippen LogP contribution in [0.4, 0.5) is 5.69 Å². The van der Waals surface area contributed by atoms with Crippen LogP contribution in [0.2, 0.25) is 0 Å². The van der Waals surface area contributed by atoms with Crippen molar-refractivity contribution < 1.29 is 13.5 Å². The molecule has 1 aliphatic heterocycles. The maximum atomic E-state index is 12.5. The van der Waals surface area contributed by atoms with Crippen LogP contribution in [0.3, 0.4) is 0 Å². The molecule has 2 N–H and O–H groups in total. The second-order valence-corrected chi connectivity index (χ2v) is 7.11. The average molecular weight is 313 g/mol. The summed E-state index contributed by atoms with van der Waals surface area (Å²) in [5.41, 5.74) is 0.512. The molecule has 1 aromatic rings. The minimum Gasteiger partial charge on any atom is -0.508 e. The highest BCUT2D eigenvalue weighted by atomic mass is 32.2. The van der Waals surface area contributed by atoms with E-state index in [9.17, 15) is 13.5 Å². The standard InChI is InChI=1S/C14H23N3O3S/c1-2-17(13-4-3-5-14(18)12-13)21(19,20)11-10-16-8-6-15-7-9-16/h3-5,12,15,18H,2,6-11H2,1H3. The summed E-state index contributed by atoms with van der Waals surface area (Å²) in [6, 6.07) is 6.36. The quantitative estimate of drug-likeness (QED) is 0.798. The lowest BCUT2D eigenvalue weighted by atomic mass is 10.3. The van der Waals surface area contributed by atoms with E-state index in [1.165, 1.54) is 16.4 Å². The predicted molar refractivity (Wildman–Crippen MR) is 84.2 cm³/mol. The van der Waals surface area contributed by atoms with E-state index in [1.807, 2.05) is 0 Å². The number of phenols is 1. The van der Waals surface area contributed by atoms with E-state index < -0.39 is 10.0 Å². The molecule has 0 aliphatic carbocycles. The van der Waals surface area contributed by atoms with Crippen LogP contribution in [-0.4, -0.2) is 63.4 Å². The number of hydrogen-bond acceptors (Lipinski definition) is 5. The van der Waals surface area contributed by atoms with Gasteiger partial charge in [0, 0.05) is 45.3 Å². The number of nitrogens with one attached hydrogen (secondary N) is 1. The van der Waals surface area contributed by atoms with Crippen LogP contribution in [0.1, 0.15) is 6.92 Å². The summed E-state index contributed by atoms with van der Waals surface area (Å²) in [5.74, 6) is 0.166. The van der Waals surface area contributed by atoms with Gasteiger partial charge < -0.3 is 10.4 Å². The van der Waals surface area contributed by atoms with Crippen molar-refractivity contribution in [3.8, 4) is 5.75 Å². The lowest BCUT2D eigenvalue weighted by molar-refractivity contribution is 0.254. The third-order valence-electron chi connectivity index (χ3n) is 3.62. The third kappa shape index (κ3) is 4.33. The molecule has 6 nitrogen and oxygen atoms in total. The first kappa shape index (κ1) is 16.1. The van der Waals surface area contributed by atoms with Crippen LogP contribution in [0.5, 0.6) is 5.75 Å². The van der Waals surface area contributed by atoms with E-state index in [1.54, 1.807) is 19.1 Å². The van der Waals surface area contributed by atoms with Crippen molar-refractivity contribution in [2.75, 3.05) is 49.3 Å². The number of anilines is 1. The van der Waals surface area contributed by atoms with Gasteiger partial charge in [0.1, 0.15) is 5.75 Å². The summed E-state index contributed by atoms with van der Waals surface area (Å²) >= 11 is 0. The van der Waals surface area contributed by atoms with Crippen LogP contribution < -0.4 is 9.62 Å². The molecular formula is C14H23N3O3S. The van der Waals surface area contributed by atoms with Gasteiger partial charge in [0.2, 0.25) is 10.0 Å². The van der Waals surface area contributed by atoms with Crippen LogP contribution >= 0.6 is 0 Å². The fourth-order valence-corrected chi connectivity index (χ4v) is 4.01. The van der Waals surface area contributed by atoms with E-state index in [4.69, 9.17) is 0 Å². The second kappa shape index (κ2) is 7.11. The molecule has 0 spiro atoms. The van der Waals surface area contributed by atoms with E-state index in [0.717, 1.165) is 26.2 Å². The molecule has 1 saturated heterocycles. The van der Waals surface area contributed by atoms with Gasteiger partial charge in [0.05, 0.1) is 11.4 Å². The Balaban J connectivity index is 2.05. The average Bonchev–Trinajstić information content (AvgIpc) is 2.47. The molecule has 0 unspecified atom stereocenters. The van der Waals surface area contributed by atoms with E-state index in [0.29, 0.717) is 18.8 Å². The Morgan fingerprint density at radius 3 is 2.67 bits per heavy atom. The highest BCUT2D eigenvalue weighted by molar-refractivity contribution is 7.92. The van der Waals surface area contributed by atoms with E-state index in [-0.39, 0.29) is 11.5 Å². The maximum Gasteiger partial charge on any atom is 0.236 e. The summed E-state index contributed by atoms with van der Waals surface area (Å²) in [6.45, 7) is 6.27. The summed E-state index contributed by atoms with van der Waals surface area (Å²) in [6.07, 6.45) is 0. The highest BCUT2D eigenvalue weighted by Gasteiger charge is 2.22. The number of sulfonamides is 1. The van der Waals surface area contributed by atoms with Crippen molar-refractivity contribution in [3.63, 3.8) is 0 Å². The smallest absolute Gasteiger partial charge is 0.236 e. The molecule has 0 radical (unpaired) electrons. The van der Waals surface area contributed by atoms with Gasteiger partial charge in [-0.05, 0) is 19.1 Å². The van der Waals surface area contributed by atoms with Crippen LogP contribution in [0.25, 0.3) is 0 Å². The Hall–Kier alpha value is -1.31. The SMILES string of the molecule is CCN(c1cccc(O)c1)S(=O)(=O)CCN1CCNCC1. The number of hydrogen-bond donors (Lipinski definition) is 2. The number of rotatable bonds is 6. The molecule has 7 heteroatoms. The lowest BCUT2D eigenvalue weighted by Crippen LogP contribution is -2.46. The van der Waals surface area contributed by atoms with Crippen molar-refractivity contribution in [2.45, 2.75) is 6.92 Å². The van der Waals surface area contributed by atoms with Gasteiger partial charge >= 0.3 is 0 Å². The maximum absolute atomic E-state index is 12.5. The van der Waals surface area contributed by atoms with Crippen LogP contribution in [0, 0.1) is 0 Å². The molecule has 0 atom stereocenters. The molecule has 2 rings (SSSR count). The lowest BCUT2D eigenvalue weighted by Gasteiger charge is -2.29. The van der Waals surface area contributed by atoms with Gasteiger partial charge in [-0.25, -0.2) is 8.42 Å². The molecule has 1 fully saturated rings. The zero-order chi connectivity index (χ0) is 15.3. The van der Waals surface area contributed by atoms with Gasteiger partial charge in [-0.2, -0.15) is 0 Å². The summed E-state index contributed by atoms with van der Waals surface area (Å²) in [7, 11) is -3.38. The molecule has 0 aromatic heterocycles. The first-order valence-electron chi connectivity index (χ1n) is 7.25. The Labute approximate surface area is 126 Å². The predicted octanol–water partition coefficient (Wildman–Crippen LogP) is 0.453. The number of nitrogens with zero attached hydrogens (tertiary/aromatic N) is 2. The van der Waals surface area contributed by atoms with Gasteiger partial charge in [-0.3, -0.25) is 9.21 Å². The van der Waals surface area contributed by atoms with Gasteiger partial charge in [-0.15, -0.1) is 0 Å². The molecular weight excluding hydrogens is 290 g/mol. The Kier molecular flexibility index (Phi) is 5.44. The Morgan fingerprint density at radius 2 is 2.05 bits per heavy atom. The van der Waals surface area contributed by atoms with Crippen molar-refractivity contribution in [3.05, 3.63) is 24.3 Å². The minimum atomic E-state index is -3.38. The zero-order valence-corrected chi connectivity index (χ0v) is 13.1. The summed E-state index contributed by atoms with van der Waals surface area (Å²) in [5, 5.41) is 12.8. The first-order valence-corrected chi connectivity index (χ1v) is 8.86. The Bertz CT molecular complexity index is 556. The first-order chi connectivity index (χ1) is 10.0. The van der Waals surface area contributed by atoms with Gasteiger partial charge in [-0.1, -0.05) is 6.07 Å². The molecule has 0 saturated carbocycles. The van der Waals surface area contributed by atoms with E-state index in [2.05, 4.69) is 10.2 Å². The number of benzene rings is 1. The molecule has 0 bridgehead atoms. The highest BCUT2D eigenvalue weighted by Crippen LogP contribution is 2.22. The molecule has 1 aromatic carbocycles. The molecule has 1 aliphatic rings. The van der Waals surface area contributed by atoms with Crippen molar-refractivity contribution in [1.82, 2.24) is 10.2 Å². The minimum absolute atomic E-state index is 0.0725. The van der Waals surface area contributed by atoms with Gasteiger partial charge in [0.15, 0.2) is 0 Å². The van der Waals surface area contributed by atoms with Crippen molar-refractivity contribution in [2.24, 2.45) is 0 Å². The largest absolute Gasteiger partial charge is 0.508 e. The normalized spacial score (nSPS) is 16.8. The Morgan fingerprint density at radius 1 is 1.33 bits per heavy atom. The third-order valence-corrected chi connectivity index (χ3v) is 5.45. The molecule has 21 heavy (non-hydrogen) atoms. The molecule has 1 heterocycles. The summed E-state index contributed by atoms with van der Waals surface area (Å²) in [4.78, 5) is 2.16. The topological polar surface area (TPSA) is 72.9 Å². The molecule has 118 valence electrons. The number of piperazine rings is 1.